The summed E-state index contributed by atoms with van der Waals surface area (Å²) in [6.07, 6.45) is 10.3. The van der Waals surface area contributed by atoms with Crippen LogP contribution in [-0.2, 0) is 24.8 Å². The van der Waals surface area contributed by atoms with Gasteiger partial charge in [0.15, 0.2) is 0 Å². The Morgan fingerprint density at radius 3 is 2.88 bits per heavy atom. The number of aromatic amines is 1. The quantitative estimate of drug-likeness (QED) is 0.821. The largest absolute Gasteiger partial charge is 0.340 e. The Kier molecular flexibility index (Phi) is 5.70. The minimum atomic E-state index is -0.477. The van der Waals surface area contributed by atoms with Gasteiger partial charge in [0.2, 0.25) is 5.91 Å². The molecule has 0 aliphatic carbocycles. The highest BCUT2D eigenvalue weighted by atomic mass is 16.2. The maximum absolute atomic E-state index is 12.7. The van der Waals surface area contributed by atoms with E-state index in [1.54, 1.807) is 6.20 Å². The lowest BCUT2D eigenvalue weighted by Crippen LogP contribution is -2.44. The molecule has 3 rings (SSSR count). The number of aromatic nitrogens is 4. The summed E-state index contributed by atoms with van der Waals surface area (Å²) in [4.78, 5) is 44.1. The van der Waals surface area contributed by atoms with Gasteiger partial charge in [-0.05, 0) is 25.7 Å². The third kappa shape index (κ3) is 4.30. The van der Waals surface area contributed by atoms with E-state index in [2.05, 4.69) is 9.97 Å². The fourth-order valence-electron chi connectivity index (χ4n) is 3.54. The highest BCUT2D eigenvalue weighted by Crippen LogP contribution is 2.22. The minimum Gasteiger partial charge on any atom is -0.340 e. The molecule has 1 N–H and O–H groups in total. The number of hydrogen-bond donors (Lipinski definition) is 1. The Morgan fingerprint density at radius 1 is 1.31 bits per heavy atom. The lowest BCUT2D eigenvalue weighted by atomic mass is 9.97. The van der Waals surface area contributed by atoms with Gasteiger partial charge in [-0.1, -0.05) is 0 Å². The van der Waals surface area contributed by atoms with Crippen LogP contribution in [0.2, 0.25) is 0 Å². The number of amides is 1. The Labute approximate surface area is 151 Å². The molecule has 1 aliphatic rings. The lowest BCUT2D eigenvalue weighted by Gasteiger charge is -2.36. The molecule has 0 saturated carbocycles. The lowest BCUT2D eigenvalue weighted by molar-refractivity contribution is -0.135. The standard InChI is InChI=1S/C18H25N5O3/c1-21-13-9-19-15(21)6-5-14-4-2-3-10-23(14)17(25)8-12-22-11-7-16(24)20-18(22)26/h7,9,11,13-14H,2-6,8,10,12H2,1H3,(H,20,24,26). The first-order valence-electron chi connectivity index (χ1n) is 9.10. The van der Waals surface area contributed by atoms with Crippen molar-refractivity contribution in [2.24, 2.45) is 7.05 Å². The summed E-state index contributed by atoms with van der Waals surface area (Å²) < 4.78 is 3.38. The molecule has 0 aromatic carbocycles. The van der Waals surface area contributed by atoms with Gasteiger partial charge in [0, 0.05) is 63.7 Å². The maximum atomic E-state index is 12.7. The average molecular weight is 359 g/mol. The number of piperidine rings is 1. The molecule has 1 fully saturated rings. The number of nitrogens with one attached hydrogen (secondary N) is 1. The number of carbonyl (C=O) groups excluding carboxylic acids is 1. The zero-order valence-electron chi connectivity index (χ0n) is 15.1. The summed E-state index contributed by atoms with van der Waals surface area (Å²) in [5.74, 6) is 1.09. The van der Waals surface area contributed by atoms with Crippen LogP contribution < -0.4 is 11.2 Å². The molecule has 26 heavy (non-hydrogen) atoms. The fraction of sp³-hybridized carbons (Fsp3) is 0.556. The third-order valence-electron chi connectivity index (χ3n) is 5.03. The van der Waals surface area contributed by atoms with Crippen LogP contribution in [0.5, 0.6) is 0 Å². The van der Waals surface area contributed by atoms with Crippen molar-refractivity contribution in [2.75, 3.05) is 6.54 Å². The van der Waals surface area contributed by atoms with Crippen LogP contribution >= 0.6 is 0 Å². The number of carbonyl (C=O) groups is 1. The topological polar surface area (TPSA) is 93.0 Å². The van der Waals surface area contributed by atoms with Crippen LogP contribution in [0.3, 0.4) is 0 Å². The molecule has 3 heterocycles. The van der Waals surface area contributed by atoms with Gasteiger partial charge in [-0.15, -0.1) is 0 Å². The van der Waals surface area contributed by atoms with Crippen molar-refractivity contribution in [2.45, 2.75) is 51.1 Å². The summed E-state index contributed by atoms with van der Waals surface area (Å²) in [7, 11) is 1.98. The van der Waals surface area contributed by atoms with Crippen molar-refractivity contribution in [1.29, 1.82) is 0 Å². The van der Waals surface area contributed by atoms with Gasteiger partial charge in [-0.25, -0.2) is 9.78 Å². The van der Waals surface area contributed by atoms with E-state index in [-0.39, 0.29) is 24.9 Å². The highest BCUT2D eigenvalue weighted by molar-refractivity contribution is 5.76. The molecule has 1 amide bonds. The van der Waals surface area contributed by atoms with Crippen LogP contribution in [0.1, 0.15) is 37.9 Å². The van der Waals surface area contributed by atoms with Gasteiger partial charge in [0.05, 0.1) is 0 Å². The smallest absolute Gasteiger partial charge is 0.328 e. The van der Waals surface area contributed by atoms with E-state index in [1.165, 1.54) is 16.8 Å². The minimum absolute atomic E-state index is 0.0626. The Balaban J connectivity index is 1.59. The normalized spacial score (nSPS) is 17.4. The molecule has 2 aromatic heterocycles. The van der Waals surface area contributed by atoms with Gasteiger partial charge in [-0.2, -0.15) is 0 Å². The molecule has 8 nitrogen and oxygen atoms in total. The van der Waals surface area contributed by atoms with Crippen molar-refractivity contribution in [3.8, 4) is 0 Å². The predicted molar refractivity (Wildman–Crippen MR) is 96.8 cm³/mol. The number of rotatable bonds is 6. The molecule has 2 aromatic rings. The van der Waals surface area contributed by atoms with Gasteiger partial charge in [-0.3, -0.25) is 14.6 Å². The van der Waals surface area contributed by atoms with Crippen LogP contribution in [0.4, 0.5) is 0 Å². The molecule has 140 valence electrons. The zero-order valence-corrected chi connectivity index (χ0v) is 15.1. The second-order valence-corrected chi connectivity index (χ2v) is 6.78. The molecule has 1 atom stereocenters. The van der Waals surface area contributed by atoms with Crippen molar-refractivity contribution in [3.05, 3.63) is 51.3 Å². The van der Waals surface area contributed by atoms with Crippen molar-refractivity contribution >= 4 is 5.91 Å². The van der Waals surface area contributed by atoms with E-state index < -0.39 is 11.2 Å². The van der Waals surface area contributed by atoms with Crippen molar-refractivity contribution in [1.82, 2.24) is 24.0 Å². The monoisotopic (exact) mass is 359 g/mol. The first kappa shape index (κ1) is 18.2. The van der Waals surface area contributed by atoms with E-state index in [1.807, 2.05) is 22.7 Å². The Bertz CT molecular complexity index is 866. The van der Waals surface area contributed by atoms with Crippen molar-refractivity contribution < 1.29 is 4.79 Å². The average Bonchev–Trinajstić information content (AvgIpc) is 3.04. The third-order valence-corrected chi connectivity index (χ3v) is 5.03. The summed E-state index contributed by atoms with van der Waals surface area (Å²) in [5.41, 5.74) is -0.904. The number of H-pyrrole nitrogens is 1. The van der Waals surface area contributed by atoms with E-state index >= 15 is 0 Å². The fourth-order valence-corrected chi connectivity index (χ4v) is 3.54. The second-order valence-electron chi connectivity index (χ2n) is 6.78. The number of nitrogens with zero attached hydrogens (tertiary/aromatic N) is 4. The molecular weight excluding hydrogens is 334 g/mol. The number of aryl methyl sites for hydroxylation is 3. The molecule has 0 spiro atoms. The number of imidazole rings is 1. The highest BCUT2D eigenvalue weighted by Gasteiger charge is 2.26. The molecular formula is C18H25N5O3. The van der Waals surface area contributed by atoms with E-state index in [4.69, 9.17) is 0 Å². The molecule has 1 aliphatic heterocycles. The predicted octanol–water partition coefficient (Wildman–Crippen LogP) is 0.674. The Hall–Kier alpha value is -2.64. The molecule has 8 heteroatoms. The molecule has 0 radical (unpaired) electrons. The van der Waals surface area contributed by atoms with Gasteiger partial charge in [0.25, 0.3) is 5.56 Å². The molecule has 1 saturated heterocycles. The summed E-state index contributed by atoms with van der Waals surface area (Å²) in [5, 5.41) is 0. The summed E-state index contributed by atoms with van der Waals surface area (Å²) >= 11 is 0. The van der Waals surface area contributed by atoms with E-state index in [0.29, 0.717) is 0 Å². The van der Waals surface area contributed by atoms with Crippen LogP contribution in [0, 0.1) is 0 Å². The van der Waals surface area contributed by atoms with Crippen LogP contribution in [0.15, 0.2) is 34.2 Å². The molecule has 1 unspecified atom stereocenters. The van der Waals surface area contributed by atoms with Crippen LogP contribution in [0.25, 0.3) is 0 Å². The second kappa shape index (κ2) is 8.16. The maximum Gasteiger partial charge on any atom is 0.328 e. The van der Waals surface area contributed by atoms with Crippen molar-refractivity contribution in [3.63, 3.8) is 0 Å². The van der Waals surface area contributed by atoms with Gasteiger partial charge in [0.1, 0.15) is 5.82 Å². The van der Waals surface area contributed by atoms with Gasteiger partial charge < -0.3 is 14.0 Å². The number of likely N-dealkylation sites (tertiary alicyclic amines) is 1. The van der Waals surface area contributed by atoms with Crippen LogP contribution in [-0.4, -0.2) is 42.5 Å². The number of hydrogen-bond acceptors (Lipinski definition) is 4. The zero-order chi connectivity index (χ0) is 18.5. The van der Waals surface area contributed by atoms with Gasteiger partial charge >= 0.3 is 5.69 Å². The summed E-state index contributed by atoms with van der Waals surface area (Å²) in [6.45, 7) is 1.04. The van der Waals surface area contributed by atoms with E-state index in [0.717, 1.165) is 44.5 Å². The SMILES string of the molecule is Cn1ccnc1CCC1CCCCN1C(=O)CCn1ccc(=O)[nH]c1=O. The van der Waals surface area contributed by atoms with E-state index in [9.17, 15) is 14.4 Å². The first-order valence-corrected chi connectivity index (χ1v) is 9.10. The summed E-state index contributed by atoms with van der Waals surface area (Å²) in [6, 6.07) is 1.52. The molecule has 0 bridgehead atoms. The first-order chi connectivity index (χ1) is 12.5. The Morgan fingerprint density at radius 2 is 2.15 bits per heavy atom.